The summed E-state index contributed by atoms with van der Waals surface area (Å²) in [7, 11) is 0. The van der Waals surface area contributed by atoms with Crippen molar-refractivity contribution in [1.29, 1.82) is 0 Å². The number of anilines is 1. The summed E-state index contributed by atoms with van der Waals surface area (Å²) in [4.78, 5) is 16.1. The van der Waals surface area contributed by atoms with Crippen LogP contribution in [0.4, 0.5) is 5.69 Å². The summed E-state index contributed by atoms with van der Waals surface area (Å²) in [6.45, 7) is 0. The largest absolute Gasteiger partial charge is 0.443 e. The van der Waals surface area contributed by atoms with Gasteiger partial charge >= 0.3 is 0 Å². The molecule has 0 saturated carbocycles. The number of aromatic nitrogens is 1. The summed E-state index contributed by atoms with van der Waals surface area (Å²) in [5.41, 5.74) is 2.36. The van der Waals surface area contributed by atoms with Gasteiger partial charge in [0.05, 0.1) is 10.7 Å². The lowest BCUT2D eigenvalue weighted by Gasteiger charge is -2.06. The Balaban J connectivity index is 1.89. The Morgan fingerprint density at radius 1 is 1.21 bits per heavy atom. The standard InChI is InChI=1S/C14H9ClN2O2/c15-10-3-1-2-4-11(10)17-14(18)9-5-6-12-13(7-9)19-8-16-12/h1-8H,(H,17,18). The molecule has 0 aliphatic heterocycles. The smallest absolute Gasteiger partial charge is 0.255 e. The second-order valence-corrected chi connectivity index (χ2v) is 4.38. The number of amides is 1. The van der Waals surface area contributed by atoms with E-state index in [1.165, 1.54) is 6.39 Å². The molecule has 94 valence electrons. The van der Waals surface area contributed by atoms with E-state index >= 15 is 0 Å². The number of nitrogens with zero attached hydrogens (tertiary/aromatic N) is 1. The van der Waals surface area contributed by atoms with Crippen molar-refractivity contribution in [2.75, 3.05) is 5.32 Å². The Morgan fingerprint density at radius 3 is 2.89 bits per heavy atom. The molecule has 0 aliphatic rings. The highest BCUT2D eigenvalue weighted by molar-refractivity contribution is 6.33. The Morgan fingerprint density at radius 2 is 2.05 bits per heavy atom. The minimum absolute atomic E-state index is 0.244. The number of rotatable bonds is 2. The lowest BCUT2D eigenvalue weighted by molar-refractivity contribution is 0.102. The summed E-state index contributed by atoms with van der Waals surface area (Å²) in [5, 5.41) is 3.25. The maximum absolute atomic E-state index is 12.1. The SMILES string of the molecule is O=C(Nc1ccccc1Cl)c1ccc2ncoc2c1. The zero-order valence-electron chi connectivity index (χ0n) is 9.76. The van der Waals surface area contributed by atoms with Gasteiger partial charge in [-0.25, -0.2) is 4.98 Å². The highest BCUT2D eigenvalue weighted by Gasteiger charge is 2.10. The third kappa shape index (κ3) is 2.30. The molecule has 1 N–H and O–H groups in total. The predicted molar refractivity (Wildman–Crippen MR) is 73.4 cm³/mol. The second kappa shape index (κ2) is 4.74. The molecular weight excluding hydrogens is 264 g/mol. The zero-order chi connectivity index (χ0) is 13.2. The van der Waals surface area contributed by atoms with Gasteiger partial charge in [-0.1, -0.05) is 23.7 Å². The number of halogens is 1. The van der Waals surface area contributed by atoms with Crippen molar-refractivity contribution in [3.8, 4) is 0 Å². The van der Waals surface area contributed by atoms with Crippen LogP contribution in [0.1, 0.15) is 10.4 Å². The van der Waals surface area contributed by atoms with Gasteiger partial charge in [0, 0.05) is 5.56 Å². The first kappa shape index (κ1) is 11.7. The molecule has 1 heterocycles. The summed E-state index contributed by atoms with van der Waals surface area (Å²) in [6, 6.07) is 12.1. The number of nitrogens with one attached hydrogen (secondary N) is 1. The first-order chi connectivity index (χ1) is 9.24. The van der Waals surface area contributed by atoms with Gasteiger partial charge in [-0.05, 0) is 30.3 Å². The minimum Gasteiger partial charge on any atom is -0.443 e. The molecule has 3 rings (SSSR count). The van der Waals surface area contributed by atoms with Crippen molar-refractivity contribution < 1.29 is 9.21 Å². The van der Waals surface area contributed by atoms with Gasteiger partial charge in [-0.2, -0.15) is 0 Å². The number of benzene rings is 2. The Kier molecular flexibility index (Phi) is 2.93. The van der Waals surface area contributed by atoms with Gasteiger partial charge in [0.1, 0.15) is 5.52 Å². The average molecular weight is 273 g/mol. The Hall–Kier alpha value is -2.33. The molecule has 0 atom stereocenters. The molecule has 5 heteroatoms. The summed E-state index contributed by atoms with van der Waals surface area (Å²) in [6.07, 6.45) is 1.35. The van der Waals surface area contributed by atoms with E-state index in [2.05, 4.69) is 10.3 Å². The number of fused-ring (bicyclic) bond motifs is 1. The molecular formula is C14H9ClN2O2. The number of hydrogen-bond acceptors (Lipinski definition) is 3. The van der Waals surface area contributed by atoms with Crippen molar-refractivity contribution in [2.45, 2.75) is 0 Å². The number of carbonyl (C=O) groups excluding carboxylic acids is 1. The van der Waals surface area contributed by atoms with Crippen LogP contribution in [-0.4, -0.2) is 10.9 Å². The predicted octanol–water partition coefficient (Wildman–Crippen LogP) is 3.73. The fourth-order valence-corrected chi connectivity index (χ4v) is 1.94. The van der Waals surface area contributed by atoms with Crippen molar-refractivity contribution in [2.24, 2.45) is 0 Å². The van der Waals surface area contributed by atoms with Gasteiger partial charge in [0.2, 0.25) is 0 Å². The third-order valence-electron chi connectivity index (χ3n) is 2.72. The maximum Gasteiger partial charge on any atom is 0.255 e. The van der Waals surface area contributed by atoms with E-state index < -0.39 is 0 Å². The van der Waals surface area contributed by atoms with E-state index in [1.54, 1.807) is 42.5 Å². The van der Waals surface area contributed by atoms with Crippen LogP contribution in [0.25, 0.3) is 11.1 Å². The van der Waals surface area contributed by atoms with Crippen LogP contribution in [0.5, 0.6) is 0 Å². The molecule has 1 aromatic heterocycles. The molecule has 0 spiro atoms. The van der Waals surface area contributed by atoms with E-state index in [1.807, 2.05) is 0 Å². The zero-order valence-corrected chi connectivity index (χ0v) is 10.5. The van der Waals surface area contributed by atoms with Crippen LogP contribution in [0, 0.1) is 0 Å². The third-order valence-corrected chi connectivity index (χ3v) is 3.05. The molecule has 0 aliphatic carbocycles. The van der Waals surface area contributed by atoms with Gasteiger partial charge in [-0.15, -0.1) is 0 Å². The van der Waals surface area contributed by atoms with Crippen molar-refractivity contribution in [1.82, 2.24) is 4.98 Å². The molecule has 1 amide bonds. The van der Waals surface area contributed by atoms with E-state index in [0.29, 0.717) is 27.4 Å². The highest BCUT2D eigenvalue weighted by atomic mass is 35.5. The van der Waals surface area contributed by atoms with Crippen LogP contribution in [0.3, 0.4) is 0 Å². The fraction of sp³-hybridized carbons (Fsp3) is 0. The van der Waals surface area contributed by atoms with Crippen molar-refractivity contribution in [3.63, 3.8) is 0 Å². The first-order valence-corrected chi connectivity index (χ1v) is 6.01. The highest BCUT2D eigenvalue weighted by Crippen LogP contribution is 2.22. The molecule has 0 unspecified atom stereocenters. The van der Waals surface area contributed by atoms with E-state index in [0.717, 1.165) is 0 Å². The Bertz CT molecular complexity index is 752. The van der Waals surface area contributed by atoms with Crippen LogP contribution >= 0.6 is 11.6 Å². The van der Waals surface area contributed by atoms with Crippen LogP contribution in [0.15, 0.2) is 53.3 Å². The summed E-state index contributed by atoms with van der Waals surface area (Å²) < 4.78 is 5.17. The molecule has 2 aromatic carbocycles. The molecule has 19 heavy (non-hydrogen) atoms. The normalized spacial score (nSPS) is 10.6. The Labute approximate surface area is 114 Å². The van der Waals surface area contributed by atoms with Crippen LogP contribution in [0.2, 0.25) is 5.02 Å². The van der Waals surface area contributed by atoms with Gasteiger partial charge in [0.25, 0.3) is 5.91 Å². The van der Waals surface area contributed by atoms with Crippen molar-refractivity contribution in [3.05, 3.63) is 59.4 Å². The summed E-state index contributed by atoms with van der Waals surface area (Å²) in [5.74, 6) is -0.244. The molecule has 4 nitrogen and oxygen atoms in total. The molecule has 0 fully saturated rings. The van der Waals surface area contributed by atoms with Gasteiger partial charge in [-0.3, -0.25) is 4.79 Å². The quantitative estimate of drug-likeness (QED) is 0.773. The topological polar surface area (TPSA) is 55.1 Å². The molecule has 0 radical (unpaired) electrons. The summed E-state index contributed by atoms with van der Waals surface area (Å²) >= 11 is 5.99. The van der Waals surface area contributed by atoms with Crippen LogP contribution < -0.4 is 5.32 Å². The monoisotopic (exact) mass is 272 g/mol. The fourth-order valence-electron chi connectivity index (χ4n) is 1.75. The van der Waals surface area contributed by atoms with Gasteiger partial charge in [0.15, 0.2) is 12.0 Å². The number of carbonyl (C=O) groups is 1. The van der Waals surface area contributed by atoms with E-state index in [9.17, 15) is 4.79 Å². The van der Waals surface area contributed by atoms with Gasteiger partial charge < -0.3 is 9.73 Å². The number of para-hydroxylation sites is 1. The second-order valence-electron chi connectivity index (χ2n) is 3.97. The van der Waals surface area contributed by atoms with E-state index in [-0.39, 0.29) is 5.91 Å². The van der Waals surface area contributed by atoms with Crippen molar-refractivity contribution >= 4 is 34.3 Å². The number of oxazole rings is 1. The first-order valence-electron chi connectivity index (χ1n) is 5.63. The minimum atomic E-state index is -0.244. The van der Waals surface area contributed by atoms with E-state index in [4.69, 9.17) is 16.0 Å². The lowest BCUT2D eigenvalue weighted by atomic mass is 10.2. The lowest BCUT2D eigenvalue weighted by Crippen LogP contribution is -2.11. The van der Waals surface area contributed by atoms with Crippen LogP contribution in [-0.2, 0) is 0 Å². The molecule has 3 aromatic rings. The molecule has 0 bridgehead atoms. The molecule has 0 saturated heterocycles. The number of hydrogen-bond donors (Lipinski definition) is 1. The maximum atomic E-state index is 12.1. The average Bonchev–Trinajstić information content (AvgIpc) is 2.88.